The second-order valence-electron chi connectivity index (χ2n) is 9.23. The molecule has 34 heavy (non-hydrogen) atoms. The van der Waals surface area contributed by atoms with E-state index in [0.717, 1.165) is 64.0 Å². The number of nitrogens with one attached hydrogen (secondary N) is 1. The number of nitrogens with two attached hydrogens (primary N) is 2. The summed E-state index contributed by atoms with van der Waals surface area (Å²) in [5.74, 6) is -0.238. The first-order valence-corrected chi connectivity index (χ1v) is 13.1. The van der Waals surface area contributed by atoms with E-state index in [0.29, 0.717) is 27.0 Å². The van der Waals surface area contributed by atoms with E-state index in [9.17, 15) is 9.59 Å². The number of rotatable bonds is 3. The fourth-order valence-electron chi connectivity index (χ4n) is 5.19. The van der Waals surface area contributed by atoms with Crippen molar-refractivity contribution in [2.45, 2.75) is 39.0 Å². The van der Waals surface area contributed by atoms with Crippen LogP contribution < -0.4 is 16.8 Å². The zero-order valence-corrected chi connectivity index (χ0v) is 20.4. The van der Waals surface area contributed by atoms with Gasteiger partial charge in [0, 0.05) is 16.0 Å². The third-order valence-corrected chi connectivity index (χ3v) is 9.22. The summed E-state index contributed by atoms with van der Waals surface area (Å²) < 4.78 is 0. The van der Waals surface area contributed by atoms with Crippen LogP contribution >= 0.6 is 22.7 Å². The summed E-state index contributed by atoms with van der Waals surface area (Å²) in [5.41, 5.74) is 18.7. The van der Waals surface area contributed by atoms with Crippen LogP contribution in [-0.2, 0) is 25.7 Å². The van der Waals surface area contributed by atoms with Gasteiger partial charge < -0.3 is 16.8 Å². The molecular weight excluding hydrogens is 464 g/mol. The SMILES string of the molecule is CC1CCc2nc3sc(C(=O)Nc4sc5c(c4C(N)=O)CCc4ccccc4-5)c(N)c3cc2C1. The molecule has 0 saturated carbocycles. The van der Waals surface area contributed by atoms with Crippen molar-refractivity contribution in [3.63, 3.8) is 0 Å². The molecule has 0 bridgehead atoms. The predicted molar refractivity (Wildman–Crippen MR) is 139 cm³/mol. The van der Waals surface area contributed by atoms with Crippen LogP contribution in [0.4, 0.5) is 10.7 Å². The van der Waals surface area contributed by atoms with Gasteiger partial charge in [-0.2, -0.15) is 0 Å². The molecular formula is C26H24N4O2S2. The molecule has 5 N–H and O–H groups in total. The first-order chi connectivity index (χ1) is 16.4. The molecule has 8 heteroatoms. The first kappa shape index (κ1) is 21.3. The number of amides is 2. The number of carbonyl (C=O) groups excluding carboxylic acids is 2. The van der Waals surface area contributed by atoms with Crippen LogP contribution in [0.3, 0.4) is 0 Å². The zero-order valence-electron chi connectivity index (χ0n) is 18.7. The Kier molecular flexibility index (Phi) is 4.97. The number of nitrogen functional groups attached to an aromatic ring is 1. The average molecular weight is 489 g/mol. The highest BCUT2D eigenvalue weighted by Gasteiger charge is 2.29. The Morgan fingerprint density at radius 2 is 1.94 bits per heavy atom. The minimum atomic E-state index is -0.528. The lowest BCUT2D eigenvalue weighted by atomic mass is 9.87. The Morgan fingerprint density at radius 3 is 2.76 bits per heavy atom. The standard InChI is InChI=1S/C26H24N4O2S2/c1-12-6-9-18-14(10-12)11-17-20(27)22(34-25(17)29-18)24(32)30-26-19(23(28)31)16-8-7-13-4-2-3-5-15(13)21(16)33-26/h2-5,11-12H,6-10,27H2,1H3,(H2,28,31)(H,30,32). The molecule has 1 unspecified atom stereocenters. The van der Waals surface area contributed by atoms with Crippen molar-refractivity contribution < 1.29 is 9.59 Å². The minimum Gasteiger partial charge on any atom is -0.397 e. The monoisotopic (exact) mass is 488 g/mol. The van der Waals surface area contributed by atoms with Crippen molar-refractivity contribution in [2.75, 3.05) is 11.1 Å². The highest BCUT2D eigenvalue weighted by atomic mass is 32.1. The van der Waals surface area contributed by atoms with Gasteiger partial charge in [-0.3, -0.25) is 9.59 Å². The van der Waals surface area contributed by atoms with Crippen LogP contribution in [0.15, 0.2) is 30.3 Å². The first-order valence-electron chi connectivity index (χ1n) is 11.5. The van der Waals surface area contributed by atoms with Crippen LogP contribution in [-0.4, -0.2) is 16.8 Å². The summed E-state index contributed by atoms with van der Waals surface area (Å²) in [7, 11) is 0. The number of hydrogen-bond donors (Lipinski definition) is 3. The van der Waals surface area contributed by atoms with Crippen LogP contribution in [0.2, 0.25) is 0 Å². The van der Waals surface area contributed by atoms with E-state index in [1.165, 1.54) is 33.8 Å². The molecule has 1 atom stereocenters. The number of benzene rings is 1. The maximum absolute atomic E-state index is 13.4. The molecule has 2 amide bonds. The normalized spacial score (nSPS) is 16.6. The van der Waals surface area contributed by atoms with Crippen molar-refractivity contribution in [1.29, 1.82) is 0 Å². The number of aromatic nitrogens is 1. The lowest BCUT2D eigenvalue weighted by Crippen LogP contribution is -2.18. The van der Waals surface area contributed by atoms with E-state index in [4.69, 9.17) is 16.5 Å². The topological polar surface area (TPSA) is 111 Å². The smallest absolute Gasteiger partial charge is 0.268 e. The average Bonchev–Trinajstić information content (AvgIpc) is 3.35. The molecule has 3 heterocycles. The molecule has 6 nitrogen and oxygen atoms in total. The number of aryl methyl sites for hydroxylation is 2. The lowest BCUT2D eigenvalue weighted by Gasteiger charge is -2.20. The maximum Gasteiger partial charge on any atom is 0.268 e. The van der Waals surface area contributed by atoms with E-state index in [-0.39, 0.29) is 5.91 Å². The van der Waals surface area contributed by atoms with Crippen molar-refractivity contribution >= 4 is 55.4 Å². The summed E-state index contributed by atoms with van der Waals surface area (Å²) in [4.78, 5) is 32.8. The van der Waals surface area contributed by atoms with Gasteiger partial charge in [-0.05, 0) is 66.3 Å². The molecule has 0 spiro atoms. The number of nitrogens with zero attached hydrogens (tertiary/aromatic N) is 1. The van der Waals surface area contributed by atoms with E-state index >= 15 is 0 Å². The predicted octanol–water partition coefficient (Wildman–Crippen LogP) is 5.18. The number of carbonyl (C=O) groups is 2. The second kappa shape index (κ2) is 7.92. The Labute approximate surface area is 205 Å². The van der Waals surface area contributed by atoms with Gasteiger partial charge in [0.1, 0.15) is 14.7 Å². The molecule has 1 aromatic carbocycles. The highest BCUT2D eigenvalue weighted by molar-refractivity contribution is 7.22. The third kappa shape index (κ3) is 3.32. The van der Waals surface area contributed by atoms with E-state index in [1.807, 2.05) is 12.1 Å². The Balaban J connectivity index is 1.39. The van der Waals surface area contributed by atoms with Crippen LogP contribution in [0.25, 0.3) is 20.7 Å². The van der Waals surface area contributed by atoms with Gasteiger partial charge in [-0.25, -0.2) is 4.98 Å². The molecule has 0 aliphatic heterocycles. The van der Waals surface area contributed by atoms with Gasteiger partial charge in [0.25, 0.3) is 11.8 Å². The number of hydrogen-bond acceptors (Lipinski definition) is 6. The lowest BCUT2D eigenvalue weighted by molar-refractivity contribution is 0.100. The quantitative estimate of drug-likeness (QED) is 0.369. The van der Waals surface area contributed by atoms with Crippen molar-refractivity contribution in [2.24, 2.45) is 11.7 Å². The van der Waals surface area contributed by atoms with Gasteiger partial charge in [0.2, 0.25) is 0 Å². The van der Waals surface area contributed by atoms with Crippen molar-refractivity contribution in [1.82, 2.24) is 4.98 Å². The zero-order chi connectivity index (χ0) is 23.6. The van der Waals surface area contributed by atoms with Gasteiger partial charge in [0.05, 0.1) is 11.3 Å². The molecule has 2 aliphatic rings. The summed E-state index contributed by atoms with van der Waals surface area (Å²) in [5, 5.41) is 4.27. The van der Waals surface area contributed by atoms with Crippen molar-refractivity contribution in [3.8, 4) is 10.4 Å². The van der Waals surface area contributed by atoms with Gasteiger partial charge >= 0.3 is 0 Å². The number of primary amides is 1. The van der Waals surface area contributed by atoms with Gasteiger partial charge in [-0.1, -0.05) is 31.2 Å². The van der Waals surface area contributed by atoms with Crippen LogP contribution in [0, 0.1) is 5.92 Å². The fourth-order valence-corrected chi connectivity index (χ4v) is 7.49. The van der Waals surface area contributed by atoms with Crippen molar-refractivity contribution in [3.05, 3.63) is 63.2 Å². The Morgan fingerprint density at radius 1 is 1.12 bits per heavy atom. The molecule has 172 valence electrons. The largest absolute Gasteiger partial charge is 0.397 e. The molecule has 4 aromatic rings. The summed E-state index contributed by atoms with van der Waals surface area (Å²) in [6.45, 7) is 2.25. The number of fused-ring (bicyclic) bond motifs is 5. The maximum atomic E-state index is 13.4. The number of pyridine rings is 1. The molecule has 0 radical (unpaired) electrons. The van der Waals surface area contributed by atoms with Crippen LogP contribution in [0.1, 0.15) is 55.8 Å². The van der Waals surface area contributed by atoms with Gasteiger partial charge in [0.15, 0.2) is 0 Å². The van der Waals surface area contributed by atoms with E-state index in [1.54, 1.807) is 0 Å². The third-order valence-electron chi connectivity index (χ3n) is 6.93. The van der Waals surface area contributed by atoms with E-state index < -0.39 is 5.91 Å². The fraction of sp³-hybridized carbons (Fsp3) is 0.269. The molecule has 3 aromatic heterocycles. The molecule has 6 rings (SSSR count). The van der Waals surface area contributed by atoms with Gasteiger partial charge in [-0.15, -0.1) is 22.7 Å². The number of anilines is 2. The summed E-state index contributed by atoms with van der Waals surface area (Å²) in [6, 6.07) is 10.3. The summed E-state index contributed by atoms with van der Waals surface area (Å²) >= 11 is 2.71. The highest BCUT2D eigenvalue weighted by Crippen LogP contribution is 2.45. The van der Waals surface area contributed by atoms with Crippen LogP contribution in [0.5, 0.6) is 0 Å². The van der Waals surface area contributed by atoms with E-state index in [2.05, 4.69) is 30.4 Å². The molecule has 0 fully saturated rings. The molecule has 2 aliphatic carbocycles. The summed E-state index contributed by atoms with van der Waals surface area (Å²) in [6.07, 6.45) is 4.62. The second-order valence-corrected chi connectivity index (χ2v) is 11.2. The Hall–Kier alpha value is -3.23. The molecule has 0 saturated heterocycles. The number of thiophene rings is 2. The Bertz CT molecular complexity index is 1500. The minimum absolute atomic E-state index is 0.332.